The molecule has 0 saturated carbocycles. The maximum absolute atomic E-state index is 12.6. The Morgan fingerprint density at radius 2 is 2.05 bits per heavy atom. The Morgan fingerprint density at radius 3 is 2.76 bits per heavy atom. The fraction of sp³-hybridized carbons (Fsp3) is 0.286. The molecule has 0 aliphatic carbocycles. The number of phenols is 1. The van der Waals surface area contributed by atoms with Gasteiger partial charge in [0.15, 0.2) is 0 Å². The molecule has 1 aliphatic rings. The molecule has 0 atom stereocenters. The summed E-state index contributed by atoms with van der Waals surface area (Å²) in [5, 5.41) is 17.7. The van der Waals surface area contributed by atoms with E-state index in [-0.39, 0.29) is 5.56 Å². The third kappa shape index (κ3) is 2.56. The van der Waals surface area contributed by atoms with Crippen molar-refractivity contribution < 1.29 is 23.0 Å². The predicted octanol–water partition coefficient (Wildman–Crippen LogP) is 2.94. The lowest BCUT2D eigenvalue weighted by molar-refractivity contribution is -0.137. The molecule has 0 fully saturated rings. The summed E-state index contributed by atoms with van der Waals surface area (Å²) in [5.41, 5.74) is 1.37. The average Bonchev–Trinajstić information content (AvgIpc) is 2.46. The Morgan fingerprint density at radius 1 is 1.24 bits per heavy atom. The minimum Gasteiger partial charge on any atom is -0.507 e. The second-order valence-corrected chi connectivity index (χ2v) is 4.73. The van der Waals surface area contributed by atoms with Gasteiger partial charge in [0.05, 0.1) is 25.0 Å². The Bertz CT molecular complexity index is 686. The molecule has 0 spiro atoms. The number of hydrogen-bond donors (Lipinski definition) is 1. The molecule has 4 nitrogen and oxygen atoms in total. The number of aromatic nitrogens is 2. The summed E-state index contributed by atoms with van der Waals surface area (Å²) < 4.78 is 43.2. The van der Waals surface area contributed by atoms with Crippen molar-refractivity contribution in [2.45, 2.75) is 19.2 Å². The van der Waals surface area contributed by atoms with Gasteiger partial charge < -0.3 is 9.84 Å². The van der Waals surface area contributed by atoms with Gasteiger partial charge in [0.1, 0.15) is 11.4 Å². The Hall–Kier alpha value is -2.15. The molecule has 21 heavy (non-hydrogen) atoms. The Labute approximate surface area is 118 Å². The van der Waals surface area contributed by atoms with E-state index in [9.17, 15) is 18.3 Å². The van der Waals surface area contributed by atoms with Crippen molar-refractivity contribution in [3.63, 3.8) is 0 Å². The summed E-state index contributed by atoms with van der Waals surface area (Å²) in [6.07, 6.45) is -2.22. The fourth-order valence-corrected chi connectivity index (χ4v) is 2.30. The largest absolute Gasteiger partial charge is 0.507 e. The van der Waals surface area contributed by atoms with E-state index in [4.69, 9.17) is 4.74 Å². The van der Waals surface area contributed by atoms with Crippen LogP contribution >= 0.6 is 0 Å². The van der Waals surface area contributed by atoms with Crippen LogP contribution < -0.4 is 0 Å². The SMILES string of the molecule is Oc1cc(C(F)(F)F)ccc1-c1nncc2c1COCC2. The molecule has 0 amide bonds. The highest BCUT2D eigenvalue weighted by molar-refractivity contribution is 5.70. The van der Waals surface area contributed by atoms with E-state index in [2.05, 4.69) is 10.2 Å². The number of rotatable bonds is 1. The molecule has 2 heterocycles. The number of nitrogens with zero attached hydrogens (tertiary/aromatic N) is 2. The van der Waals surface area contributed by atoms with Crippen molar-refractivity contribution in [3.05, 3.63) is 41.1 Å². The first-order valence-electron chi connectivity index (χ1n) is 6.28. The zero-order valence-electron chi connectivity index (χ0n) is 10.8. The van der Waals surface area contributed by atoms with Crippen LogP contribution in [0.4, 0.5) is 13.2 Å². The first-order chi connectivity index (χ1) is 9.97. The summed E-state index contributed by atoms with van der Waals surface area (Å²) in [5.74, 6) is -0.474. The van der Waals surface area contributed by atoms with E-state index in [1.807, 2.05) is 0 Å². The fourth-order valence-electron chi connectivity index (χ4n) is 2.30. The van der Waals surface area contributed by atoms with Crippen LogP contribution in [0.5, 0.6) is 5.75 Å². The number of alkyl halides is 3. The minimum absolute atomic E-state index is 0.220. The van der Waals surface area contributed by atoms with Crippen LogP contribution in [-0.4, -0.2) is 21.9 Å². The van der Waals surface area contributed by atoms with Crippen LogP contribution in [0.3, 0.4) is 0 Å². The number of aromatic hydroxyl groups is 1. The topological polar surface area (TPSA) is 55.2 Å². The number of phenolic OH excluding ortho intramolecular Hbond substituents is 1. The lowest BCUT2D eigenvalue weighted by Gasteiger charge is -2.19. The van der Waals surface area contributed by atoms with Gasteiger partial charge in [-0.3, -0.25) is 0 Å². The molecule has 7 heteroatoms. The molecule has 110 valence electrons. The molecular weight excluding hydrogens is 285 g/mol. The third-order valence-corrected chi connectivity index (χ3v) is 3.39. The number of halogens is 3. The quantitative estimate of drug-likeness (QED) is 0.879. The molecule has 3 rings (SSSR count). The van der Waals surface area contributed by atoms with E-state index in [1.165, 1.54) is 6.07 Å². The highest BCUT2D eigenvalue weighted by Gasteiger charge is 2.31. The first kappa shape index (κ1) is 13.8. The van der Waals surface area contributed by atoms with Gasteiger partial charge in [-0.1, -0.05) is 0 Å². The van der Waals surface area contributed by atoms with Gasteiger partial charge in [0.25, 0.3) is 0 Å². The maximum Gasteiger partial charge on any atom is 0.416 e. The van der Waals surface area contributed by atoms with Crippen LogP contribution in [0.1, 0.15) is 16.7 Å². The van der Waals surface area contributed by atoms with Crippen molar-refractivity contribution in [1.29, 1.82) is 0 Å². The van der Waals surface area contributed by atoms with E-state index in [1.54, 1.807) is 6.20 Å². The van der Waals surface area contributed by atoms with Crippen molar-refractivity contribution in [2.75, 3.05) is 6.61 Å². The van der Waals surface area contributed by atoms with E-state index >= 15 is 0 Å². The van der Waals surface area contributed by atoms with Gasteiger partial charge in [-0.05, 0) is 30.2 Å². The van der Waals surface area contributed by atoms with Crippen LogP contribution in [0.15, 0.2) is 24.4 Å². The van der Waals surface area contributed by atoms with Crippen molar-refractivity contribution in [3.8, 4) is 17.0 Å². The average molecular weight is 296 g/mol. The van der Waals surface area contributed by atoms with Crippen LogP contribution in [0.25, 0.3) is 11.3 Å². The molecule has 1 N–H and O–H groups in total. The number of hydrogen-bond acceptors (Lipinski definition) is 4. The zero-order valence-corrected chi connectivity index (χ0v) is 10.8. The number of ether oxygens (including phenoxy) is 1. The molecule has 0 radical (unpaired) electrons. The second kappa shape index (κ2) is 5.00. The summed E-state index contributed by atoms with van der Waals surface area (Å²) >= 11 is 0. The van der Waals surface area contributed by atoms with Crippen molar-refractivity contribution in [1.82, 2.24) is 10.2 Å². The predicted molar refractivity (Wildman–Crippen MR) is 67.5 cm³/mol. The van der Waals surface area contributed by atoms with Gasteiger partial charge in [-0.25, -0.2) is 0 Å². The lowest BCUT2D eigenvalue weighted by atomic mass is 9.98. The van der Waals surface area contributed by atoms with E-state index in [0.29, 0.717) is 31.4 Å². The van der Waals surface area contributed by atoms with Crippen molar-refractivity contribution in [2.24, 2.45) is 0 Å². The Kier molecular flexibility index (Phi) is 3.29. The lowest BCUT2D eigenvalue weighted by Crippen LogP contribution is -2.13. The highest BCUT2D eigenvalue weighted by Crippen LogP contribution is 2.37. The van der Waals surface area contributed by atoms with E-state index in [0.717, 1.165) is 17.2 Å². The summed E-state index contributed by atoms with van der Waals surface area (Å²) in [6, 6.07) is 2.82. The molecule has 1 aromatic carbocycles. The minimum atomic E-state index is -4.50. The smallest absolute Gasteiger partial charge is 0.416 e. The summed E-state index contributed by atoms with van der Waals surface area (Å²) in [6.45, 7) is 0.873. The molecule has 0 bridgehead atoms. The molecule has 1 aliphatic heterocycles. The maximum atomic E-state index is 12.6. The molecule has 0 saturated heterocycles. The van der Waals surface area contributed by atoms with Crippen LogP contribution in [0, 0.1) is 0 Å². The summed E-state index contributed by atoms with van der Waals surface area (Å²) in [4.78, 5) is 0. The second-order valence-electron chi connectivity index (χ2n) is 4.73. The van der Waals surface area contributed by atoms with E-state index < -0.39 is 17.5 Å². The third-order valence-electron chi connectivity index (χ3n) is 3.39. The van der Waals surface area contributed by atoms with Crippen LogP contribution in [0.2, 0.25) is 0 Å². The number of benzene rings is 1. The van der Waals surface area contributed by atoms with Gasteiger partial charge >= 0.3 is 6.18 Å². The van der Waals surface area contributed by atoms with Gasteiger partial charge in [0, 0.05) is 11.1 Å². The monoisotopic (exact) mass is 296 g/mol. The molecule has 2 aromatic rings. The normalized spacial score (nSPS) is 14.8. The Balaban J connectivity index is 2.10. The molecule has 1 aromatic heterocycles. The van der Waals surface area contributed by atoms with Gasteiger partial charge in [-0.15, -0.1) is 5.10 Å². The van der Waals surface area contributed by atoms with Crippen LogP contribution in [-0.2, 0) is 23.9 Å². The number of fused-ring (bicyclic) bond motifs is 1. The standard InChI is InChI=1S/C14H11F3N2O2/c15-14(16,17)9-1-2-10(12(20)5-9)13-11-7-21-4-3-8(11)6-18-19-13/h1-2,5-6,20H,3-4,7H2. The highest BCUT2D eigenvalue weighted by atomic mass is 19.4. The van der Waals surface area contributed by atoms with Crippen molar-refractivity contribution >= 4 is 0 Å². The first-order valence-corrected chi connectivity index (χ1v) is 6.28. The van der Waals surface area contributed by atoms with Gasteiger partial charge in [0.2, 0.25) is 0 Å². The molecule has 0 unspecified atom stereocenters. The molecular formula is C14H11F3N2O2. The zero-order chi connectivity index (χ0) is 15.0. The summed E-state index contributed by atoms with van der Waals surface area (Å²) in [7, 11) is 0. The van der Waals surface area contributed by atoms with Gasteiger partial charge in [-0.2, -0.15) is 18.3 Å².